The zero-order valence-electron chi connectivity index (χ0n) is 16.9. The molecule has 156 valence electrons. The van der Waals surface area contributed by atoms with Crippen molar-refractivity contribution in [2.75, 3.05) is 0 Å². The number of nitrogens with zero attached hydrogens (tertiary/aromatic N) is 3. The minimum Gasteiger partial charge on any atom is -0.452 e. The van der Waals surface area contributed by atoms with Crippen LogP contribution in [0.5, 0.6) is 0 Å². The van der Waals surface area contributed by atoms with Crippen LogP contribution in [-0.2, 0) is 9.53 Å². The van der Waals surface area contributed by atoms with Crippen molar-refractivity contribution in [1.82, 2.24) is 10.2 Å². The Balaban J connectivity index is 1.54. The zero-order chi connectivity index (χ0) is 20.8. The fraction of sp³-hybridized carbons (Fsp3) is 0.571. The van der Waals surface area contributed by atoms with Crippen LogP contribution in [0.4, 0.5) is 5.69 Å². The van der Waals surface area contributed by atoms with Gasteiger partial charge in [0.25, 0.3) is 11.6 Å². The van der Waals surface area contributed by atoms with Gasteiger partial charge in [-0.05, 0) is 50.7 Å². The van der Waals surface area contributed by atoms with E-state index in [2.05, 4.69) is 17.1 Å². The van der Waals surface area contributed by atoms with Crippen LogP contribution >= 0.6 is 0 Å². The van der Waals surface area contributed by atoms with Crippen molar-refractivity contribution in [2.45, 2.75) is 64.9 Å². The van der Waals surface area contributed by atoms with Crippen molar-refractivity contribution in [3.05, 3.63) is 40.3 Å². The van der Waals surface area contributed by atoms with Gasteiger partial charge in [-0.25, -0.2) is 0 Å². The average molecular weight is 401 g/mol. The third-order valence-electron chi connectivity index (χ3n) is 5.55. The fourth-order valence-electron chi connectivity index (χ4n) is 3.74. The van der Waals surface area contributed by atoms with Gasteiger partial charge in [-0.1, -0.05) is 26.2 Å². The van der Waals surface area contributed by atoms with Crippen LogP contribution in [0.3, 0.4) is 0 Å². The van der Waals surface area contributed by atoms with Gasteiger partial charge < -0.3 is 9.15 Å². The number of benzene rings is 1. The van der Waals surface area contributed by atoms with Crippen LogP contribution in [0.15, 0.2) is 28.7 Å². The second-order valence-corrected chi connectivity index (χ2v) is 7.69. The summed E-state index contributed by atoms with van der Waals surface area (Å²) in [7, 11) is 0. The molecule has 8 nitrogen and oxygen atoms in total. The van der Waals surface area contributed by atoms with E-state index in [9.17, 15) is 14.9 Å². The van der Waals surface area contributed by atoms with Gasteiger partial charge >= 0.3 is 5.97 Å². The van der Waals surface area contributed by atoms with Crippen molar-refractivity contribution in [2.24, 2.45) is 11.8 Å². The molecule has 0 N–H and O–H groups in total. The second-order valence-electron chi connectivity index (χ2n) is 7.69. The lowest BCUT2D eigenvalue weighted by atomic mass is 9.80. The number of hydrogen-bond donors (Lipinski definition) is 0. The highest BCUT2D eigenvalue weighted by molar-refractivity contribution is 5.72. The van der Waals surface area contributed by atoms with Gasteiger partial charge in [-0.2, -0.15) is 0 Å². The van der Waals surface area contributed by atoms with Crippen molar-refractivity contribution >= 4 is 11.7 Å². The standard InChI is InChI=1S/C21H27N3O5/c1-3-4-5-15-6-8-17(9-7-15)21(25)28-14(2)19-22-23-20(29-19)16-10-12-18(13-11-16)24(26)27/h10-15,17H,3-9H2,1-2H3/t14-,15?,17?/m1/s1. The predicted octanol–water partition coefficient (Wildman–Crippen LogP) is 5.25. The zero-order valence-corrected chi connectivity index (χ0v) is 16.9. The number of carbonyl (C=O) groups is 1. The molecule has 0 saturated heterocycles. The molecule has 3 rings (SSSR count). The maximum absolute atomic E-state index is 12.5. The quantitative estimate of drug-likeness (QED) is 0.338. The monoisotopic (exact) mass is 401 g/mol. The minimum atomic E-state index is -0.639. The lowest BCUT2D eigenvalue weighted by molar-refractivity contribution is -0.384. The van der Waals surface area contributed by atoms with Gasteiger partial charge in [0.05, 0.1) is 10.8 Å². The summed E-state index contributed by atoms with van der Waals surface area (Å²) in [5.41, 5.74) is 0.554. The maximum Gasteiger partial charge on any atom is 0.309 e. The highest BCUT2D eigenvalue weighted by Crippen LogP contribution is 2.33. The minimum absolute atomic E-state index is 0.0137. The van der Waals surface area contributed by atoms with E-state index in [1.807, 2.05) is 0 Å². The second kappa shape index (κ2) is 9.62. The molecular formula is C21H27N3O5. The van der Waals surface area contributed by atoms with E-state index in [4.69, 9.17) is 9.15 Å². The van der Waals surface area contributed by atoms with E-state index in [1.165, 1.54) is 31.4 Å². The van der Waals surface area contributed by atoms with Crippen molar-refractivity contribution in [3.8, 4) is 11.5 Å². The summed E-state index contributed by atoms with van der Waals surface area (Å²) in [5.74, 6) is 0.906. The number of non-ortho nitro benzene ring substituents is 1. The largest absolute Gasteiger partial charge is 0.452 e. The van der Waals surface area contributed by atoms with Crippen LogP contribution < -0.4 is 0 Å². The molecule has 8 heteroatoms. The Morgan fingerprint density at radius 1 is 1.24 bits per heavy atom. The Morgan fingerprint density at radius 2 is 1.93 bits per heavy atom. The van der Waals surface area contributed by atoms with Crippen LogP contribution in [0, 0.1) is 22.0 Å². The van der Waals surface area contributed by atoms with Gasteiger partial charge in [0.1, 0.15) is 0 Å². The lowest BCUT2D eigenvalue weighted by Gasteiger charge is -2.27. The van der Waals surface area contributed by atoms with E-state index in [0.717, 1.165) is 31.6 Å². The summed E-state index contributed by atoms with van der Waals surface area (Å²) in [6.45, 7) is 3.91. The highest BCUT2D eigenvalue weighted by atomic mass is 16.6. The number of esters is 1. The van der Waals surface area contributed by atoms with Crippen LogP contribution in [0.2, 0.25) is 0 Å². The molecule has 0 radical (unpaired) electrons. The molecule has 2 aromatic rings. The van der Waals surface area contributed by atoms with Crippen molar-refractivity contribution in [3.63, 3.8) is 0 Å². The first-order valence-electron chi connectivity index (χ1n) is 10.3. The SMILES string of the molecule is CCCCC1CCC(C(=O)O[C@H](C)c2nnc(-c3ccc([N+](=O)[O-])cc3)o2)CC1. The summed E-state index contributed by atoms with van der Waals surface area (Å²) >= 11 is 0. The van der Waals surface area contributed by atoms with Crippen LogP contribution in [0.25, 0.3) is 11.5 Å². The Labute approximate surface area is 169 Å². The molecule has 1 aliphatic rings. The van der Waals surface area contributed by atoms with Gasteiger partial charge in [0.2, 0.25) is 5.89 Å². The Kier molecular flexibility index (Phi) is 6.95. The molecule has 0 unspecified atom stereocenters. The number of nitro benzene ring substituents is 1. The number of nitro groups is 1. The molecule has 0 amide bonds. The number of hydrogen-bond acceptors (Lipinski definition) is 7. The Bertz CT molecular complexity index is 825. The smallest absolute Gasteiger partial charge is 0.309 e. The number of aromatic nitrogens is 2. The summed E-state index contributed by atoms with van der Waals surface area (Å²) in [6.07, 6.45) is 6.99. The molecule has 1 aliphatic carbocycles. The van der Waals surface area contributed by atoms with Crippen molar-refractivity contribution < 1.29 is 18.9 Å². The normalized spacial score (nSPS) is 20.2. The molecule has 0 aliphatic heterocycles. The van der Waals surface area contributed by atoms with Crippen LogP contribution in [0.1, 0.15) is 70.8 Å². The molecule has 1 aromatic heterocycles. The van der Waals surface area contributed by atoms with Gasteiger partial charge in [0.15, 0.2) is 6.10 Å². The van der Waals surface area contributed by atoms with Crippen LogP contribution in [-0.4, -0.2) is 21.1 Å². The predicted molar refractivity (Wildman–Crippen MR) is 106 cm³/mol. The summed E-state index contributed by atoms with van der Waals surface area (Å²) < 4.78 is 11.2. The first-order valence-corrected chi connectivity index (χ1v) is 10.3. The number of carbonyl (C=O) groups excluding carboxylic acids is 1. The van der Waals surface area contributed by atoms with Gasteiger partial charge in [-0.3, -0.25) is 14.9 Å². The van der Waals surface area contributed by atoms with Crippen molar-refractivity contribution in [1.29, 1.82) is 0 Å². The molecule has 1 aromatic carbocycles. The third-order valence-corrected chi connectivity index (χ3v) is 5.55. The maximum atomic E-state index is 12.5. The Hall–Kier alpha value is -2.77. The first-order chi connectivity index (χ1) is 14.0. The number of ether oxygens (including phenoxy) is 1. The molecule has 1 saturated carbocycles. The van der Waals surface area contributed by atoms with E-state index >= 15 is 0 Å². The van der Waals surface area contributed by atoms with Gasteiger partial charge in [0, 0.05) is 17.7 Å². The molecule has 29 heavy (non-hydrogen) atoms. The van der Waals surface area contributed by atoms with E-state index in [-0.39, 0.29) is 29.4 Å². The fourth-order valence-corrected chi connectivity index (χ4v) is 3.74. The molecule has 1 atom stereocenters. The summed E-state index contributed by atoms with van der Waals surface area (Å²) in [6, 6.07) is 5.84. The van der Waals surface area contributed by atoms with E-state index in [1.54, 1.807) is 19.1 Å². The third kappa shape index (κ3) is 5.40. The topological polar surface area (TPSA) is 108 Å². The van der Waals surface area contributed by atoms with E-state index < -0.39 is 11.0 Å². The summed E-state index contributed by atoms with van der Waals surface area (Å²) in [5, 5.41) is 18.7. The molecule has 1 fully saturated rings. The van der Waals surface area contributed by atoms with E-state index in [0.29, 0.717) is 5.56 Å². The lowest BCUT2D eigenvalue weighted by Crippen LogP contribution is -2.24. The molecular weight excluding hydrogens is 374 g/mol. The molecule has 0 bridgehead atoms. The van der Waals surface area contributed by atoms with Gasteiger partial charge in [-0.15, -0.1) is 10.2 Å². The Morgan fingerprint density at radius 3 is 2.55 bits per heavy atom. The molecule has 1 heterocycles. The first kappa shape index (κ1) is 21.0. The highest BCUT2D eigenvalue weighted by Gasteiger charge is 2.29. The summed E-state index contributed by atoms with van der Waals surface area (Å²) in [4.78, 5) is 22.8. The average Bonchev–Trinajstić information content (AvgIpc) is 3.23. The number of rotatable bonds is 8. The number of unbranched alkanes of at least 4 members (excludes halogenated alkanes) is 1. The molecule has 0 spiro atoms.